The van der Waals surface area contributed by atoms with Crippen molar-refractivity contribution in [3.05, 3.63) is 39.8 Å². The maximum Gasteiger partial charge on any atom is 0.123 e. The second-order valence-electron chi connectivity index (χ2n) is 4.17. The minimum absolute atomic E-state index is 0.198. The molecule has 1 aromatic heterocycles. The predicted molar refractivity (Wildman–Crippen MR) is 71.7 cm³/mol. The van der Waals surface area contributed by atoms with Crippen molar-refractivity contribution >= 4 is 17.0 Å². The van der Waals surface area contributed by atoms with Gasteiger partial charge >= 0.3 is 0 Å². The molecule has 0 saturated heterocycles. The van der Waals surface area contributed by atoms with Gasteiger partial charge in [0.15, 0.2) is 0 Å². The highest BCUT2D eigenvalue weighted by atomic mass is 32.1. The maximum atomic E-state index is 9.88. The molecule has 0 spiro atoms. The average Bonchev–Trinajstić information content (AvgIpc) is 2.83. The molecule has 2 aromatic rings. The third-order valence-corrected chi connectivity index (χ3v) is 3.84. The summed E-state index contributed by atoms with van der Waals surface area (Å²) in [5.74, 6) is 0.367. The van der Waals surface area contributed by atoms with Gasteiger partial charge in [0.2, 0.25) is 0 Å². The number of aryl methyl sites for hydroxylation is 1. The molecule has 90 valence electrons. The van der Waals surface area contributed by atoms with Crippen LogP contribution in [0.1, 0.15) is 29.0 Å². The third-order valence-electron chi connectivity index (χ3n) is 2.88. The fourth-order valence-electron chi connectivity index (χ4n) is 1.74. The molecule has 0 bridgehead atoms. The molecule has 17 heavy (non-hydrogen) atoms. The number of benzene rings is 1. The Hall–Kier alpha value is -1.55. The van der Waals surface area contributed by atoms with Crippen molar-refractivity contribution in [2.45, 2.75) is 26.8 Å². The molecule has 4 heteroatoms. The van der Waals surface area contributed by atoms with E-state index in [0.717, 1.165) is 16.8 Å². The number of aromatic nitrogens is 1. The molecular formula is C13H16N2OS. The van der Waals surface area contributed by atoms with E-state index in [9.17, 15) is 5.11 Å². The lowest BCUT2D eigenvalue weighted by molar-refractivity contribution is 0.467. The first kappa shape index (κ1) is 11.9. The number of nitrogens with zero attached hydrogens (tertiary/aromatic N) is 1. The second-order valence-corrected chi connectivity index (χ2v) is 5.09. The molecule has 0 aliphatic rings. The number of anilines is 1. The van der Waals surface area contributed by atoms with Crippen LogP contribution in [-0.4, -0.2) is 10.1 Å². The van der Waals surface area contributed by atoms with E-state index in [1.807, 2.05) is 37.7 Å². The first-order valence-corrected chi connectivity index (χ1v) is 6.41. The van der Waals surface area contributed by atoms with Crippen molar-refractivity contribution in [1.29, 1.82) is 0 Å². The van der Waals surface area contributed by atoms with E-state index in [-0.39, 0.29) is 6.04 Å². The quantitative estimate of drug-likeness (QED) is 0.871. The largest absolute Gasteiger partial charge is 0.507 e. The zero-order chi connectivity index (χ0) is 12.4. The summed E-state index contributed by atoms with van der Waals surface area (Å²) in [6.45, 7) is 5.91. The fraction of sp³-hybridized carbons (Fsp3) is 0.308. The zero-order valence-corrected chi connectivity index (χ0v) is 11.0. The minimum Gasteiger partial charge on any atom is -0.507 e. The Bertz CT molecular complexity index is 508. The van der Waals surface area contributed by atoms with Crippen LogP contribution < -0.4 is 5.32 Å². The molecule has 1 atom stereocenters. The van der Waals surface area contributed by atoms with Crippen LogP contribution >= 0.6 is 11.3 Å². The summed E-state index contributed by atoms with van der Waals surface area (Å²) in [7, 11) is 0. The van der Waals surface area contributed by atoms with Crippen LogP contribution in [0.2, 0.25) is 0 Å². The number of rotatable bonds is 3. The van der Waals surface area contributed by atoms with Gasteiger partial charge in [-0.05, 0) is 32.4 Å². The molecule has 0 amide bonds. The molecule has 3 nitrogen and oxygen atoms in total. The van der Waals surface area contributed by atoms with E-state index in [1.165, 1.54) is 4.88 Å². The fourth-order valence-corrected chi connectivity index (χ4v) is 2.36. The van der Waals surface area contributed by atoms with Crippen molar-refractivity contribution in [1.82, 2.24) is 4.98 Å². The van der Waals surface area contributed by atoms with Gasteiger partial charge < -0.3 is 10.4 Å². The van der Waals surface area contributed by atoms with E-state index in [2.05, 4.69) is 17.2 Å². The molecule has 0 fully saturated rings. The van der Waals surface area contributed by atoms with Crippen LogP contribution in [0, 0.1) is 13.8 Å². The predicted octanol–water partition coefficient (Wildman–Crippen LogP) is 3.64. The number of hydrogen-bond donors (Lipinski definition) is 2. The Kier molecular flexibility index (Phi) is 3.33. The Morgan fingerprint density at radius 3 is 2.76 bits per heavy atom. The Balaban J connectivity index is 2.22. The van der Waals surface area contributed by atoms with Gasteiger partial charge in [-0.25, -0.2) is 0 Å². The molecule has 0 saturated carbocycles. The lowest BCUT2D eigenvalue weighted by atomic mass is 10.1. The normalized spacial score (nSPS) is 12.4. The van der Waals surface area contributed by atoms with Gasteiger partial charge in [-0.1, -0.05) is 6.07 Å². The Morgan fingerprint density at radius 1 is 1.35 bits per heavy atom. The van der Waals surface area contributed by atoms with Gasteiger partial charge in [0.1, 0.15) is 5.75 Å². The van der Waals surface area contributed by atoms with E-state index < -0.39 is 0 Å². The van der Waals surface area contributed by atoms with Gasteiger partial charge in [-0.15, -0.1) is 11.3 Å². The summed E-state index contributed by atoms with van der Waals surface area (Å²) in [5.41, 5.74) is 4.58. The maximum absolute atomic E-state index is 9.88. The molecular weight excluding hydrogens is 232 g/mol. The number of aromatic hydroxyl groups is 1. The standard InChI is InChI=1S/C13H16N2OS/c1-8-4-5-11(9(2)13(8)16)15-10(3)12-6-14-7-17-12/h4-7,10,15-16H,1-3H3. The summed E-state index contributed by atoms with van der Waals surface area (Å²) in [6, 6.07) is 4.12. The first-order valence-electron chi connectivity index (χ1n) is 5.53. The smallest absolute Gasteiger partial charge is 0.123 e. The van der Waals surface area contributed by atoms with E-state index in [1.54, 1.807) is 11.3 Å². The summed E-state index contributed by atoms with van der Waals surface area (Å²) in [5, 5.41) is 13.3. The SMILES string of the molecule is Cc1ccc(NC(C)c2cncs2)c(C)c1O. The van der Waals surface area contributed by atoms with Gasteiger partial charge in [0, 0.05) is 22.3 Å². The molecule has 2 N–H and O–H groups in total. The zero-order valence-electron chi connectivity index (χ0n) is 10.2. The Labute approximate surface area is 105 Å². The average molecular weight is 248 g/mol. The summed E-state index contributed by atoms with van der Waals surface area (Å²) >= 11 is 1.63. The highest BCUT2D eigenvalue weighted by molar-refractivity contribution is 7.09. The van der Waals surface area contributed by atoms with Crippen LogP contribution in [0.25, 0.3) is 0 Å². The van der Waals surface area contributed by atoms with Crippen molar-refractivity contribution < 1.29 is 5.11 Å². The minimum atomic E-state index is 0.198. The monoisotopic (exact) mass is 248 g/mol. The van der Waals surface area contributed by atoms with Gasteiger partial charge in [-0.2, -0.15) is 0 Å². The molecule has 2 rings (SSSR count). The van der Waals surface area contributed by atoms with E-state index in [0.29, 0.717) is 5.75 Å². The highest BCUT2D eigenvalue weighted by Gasteiger charge is 2.11. The molecule has 1 aromatic carbocycles. The van der Waals surface area contributed by atoms with Crippen LogP contribution in [0.15, 0.2) is 23.8 Å². The van der Waals surface area contributed by atoms with Gasteiger partial charge in [0.05, 0.1) is 11.6 Å². The number of thiazole rings is 1. The lowest BCUT2D eigenvalue weighted by Crippen LogP contribution is -2.06. The number of phenols is 1. The molecule has 1 unspecified atom stereocenters. The van der Waals surface area contributed by atoms with E-state index in [4.69, 9.17) is 0 Å². The number of phenolic OH excluding ortho intramolecular Hbond substituents is 1. The van der Waals surface area contributed by atoms with Crippen molar-refractivity contribution in [3.63, 3.8) is 0 Å². The van der Waals surface area contributed by atoms with E-state index >= 15 is 0 Å². The highest BCUT2D eigenvalue weighted by Crippen LogP contribution is 2.31. The van der Waals surface area contributed by atoms with Crippen LogP contribution in [-0.2, 0) is 0 Å². The van der Waals surface area contributed by atoms with Gasteiger partial charge in [0.25, 0.3) is 0 Å². The van der Waals surface area contributed by atoms with Crippen molar-refractivity contribution in [2.75, 3.05) is 5.32 Å². The topological polar surface area (TPSA) is 45.2 Å². The molecule has 0 aliphatic heterocycles. The van der Waals surface area contributed by atoms with Crippen LogP contribution in [0.5, 0.6) is 5.75 Å². The van der Waals surface area contributed by atoms with Gasteiger partial charge in [-0.3, -0.25) is 4.98 Å². The Morgan fingerprint density at radius 2 is 2.12 bits per heavy atom. The van der Waals surface area contributed by atoms with Crippen LogP contribution in [0.4, 0.5) is 5.69 Å². The third kappa shape index (κ3) is 2.42. The first-order chi connectivity index (χ1) is 8.09. The number of nitrogens with one attached hydrogen (secondary N) is 1. The summed E-state index contributed by atoms with van der Waals surface area (Å²) < 4.78 is 0. The lowest BCUT2D eigenvalue weighted by Gasteiger charge is -2.16. The summed E-state index contributed by atoms with van der Waals surface area (Å²) in [6.07, 6.45) is 1.87. The van der Waals surface area contributed by atoms with Crippen molar-refractivity contribution in [3.8, 4) is 5.75 Å². The number of hydrogen-bond acceptors (Lipinski definition) is 4. The van der Waals surface area contributed by atoms with Crippen molar-refractivity contribution in [2.24, 2.45) is 0 Å². The molecule has 0 radical (unpaired) electrons. The van der Waals surface area contributed by atoms with Crippen LogP contribution in [0.3, 0.4) is 0 Å². The summed E-state index contributed by atoms with van der Waals surface area (Å²) in [4.78, 5) is 5.25. The second kappa shape index (κ2) is 4.75. The molecule has 0 aliphatic carbocycles. The molecule has 1 heterocycles.